The summed E-state index contributed by atoms with van der Waals surface area (Å²) in [5.74, 6) is -1.08. The quantitative estimate of drug-likeness (QED) is 0.299. The summed E-state index contributed by atoms with van der Waals surface area (Å²) in [6.45, 7) is 5.03. The van der Waals surface area contributed by atoms with Gasteiger partial charge in [0.1, 0.15) is 5.82 Å². The van der Waals surface area contributed by atoms with Crippen LogP contribution in [0.5, 0.6) is 0 Å². The Hall–Kier alpha value is -3.79. The van der Waals surface area contributed by atoms with Crippen molar-refractivity contribution in [3.8, 4) is 5.69 Å². The van der Waals surface area contributed by atoms with Gasteiger partial charge in [-0.2, -0.15) is 0 Å². The number of aromatic nitrogens is 3. The number of carbonyl (C=O) groups is 2. The van der Waals surface area contributed by atoms with E-state index in [4.69, 9.17) is 16.3 Å². The van der Waals surface area contributed by atoms with E-state index in [9.17, 15) is 19.7 Å². The molecule has 1 unspecified atom stereocenters. The molecule has 1 atom stereocenters. The van der Waals surface area contributed by atoms with Crippen molar-refractivity contribution >= 4 is 29.2 Å². The van der Waals surface area contributed by atoms with Gasteiger partial charge in [-0.05, 0) is 32.9 Å². The smallest absolute Gasteiger partial charge is 0.308 e. The minimum atomic E-state index is -1.03. The van der Waals surface area contributed by atoms with Gasteiger partial charge >= 0.3 is 5.97 Å². The van der Waals surface area contributed by atoms with Crippen molar-refractivity contribution in [3.05, 3.63) is 80.9 Å². The molecule has 3 aromatic rings. The second-order valence-corrected chi connectivity index (χ2v) is 7.84. The normalized spacial score (nSPS) is 11.8. The van der Waals surface area contributed by atoms with Crippen molar-refractivity contribution < 1.29 is 19.2 Å². The predicted octanol–water partition coefficient (Wildman–Crippen LogP) is 3.95. The largest absolute Gasteiger partial charge is 0.463 e. The van der Waals surface area contributed by atoms with Crippen LogP contribution < -0.4 is 5.32 Å². The summed E-state index contributed by atoms with van der Waals surface area (Å²) in [4.78, 5) is 40.5. The van der Waals surface area contributed by atoms with Crippen molar-refractivity contribution in [1.29, 1.82) is 0 Å². The summed E-state index contributed by atoms with van der Waals surface area (Å²) in [6, 6.07) is 11.8. The number of nitrogens with zero attached hydrogens (tertiary/aromatic N) is 4. The molecule has 0 bridgehead atoms. The number of nitro groups is 1. The molecule has 2 aromatic carbocycles. The van der Waals surface area contributed by atoms with Gasteiger partial charge < -0.3 is 10.1 Å². The number of esters is 1. The third-order valence-electron chi connectivity index (χ3n) is 4.60. The molecule has 1 N–H and O–H groups in total. The molecule has 0 spiro atoms. The molecule has 0 aliphatic heterocycles. The van der Waals surface area contributed by atoms with Gasteiger partial charge in [-0.15, -0.1) is 5.10 Å². The van der Waals surface area contributed by atoms with E-state index in [-0.39, 0.29) is 29.6 Å². The first-order valence-corrected chi connectivity index (χ1v) is 10.5. The van der Waals surface area contributed by atoms with Gasteiger partial charge in [-0.25, -0.2) is 9.67 Å². The first-order chi connectivity index (χ1) is 15.7. The Kier molecular flexibility index (Phi) is 7.39. The van der Waals surface area contributed by atoms with Crippen LogP contribution in [0.2, 0.25) is 5.02 Å². The number of hydrogen-bond donors (Lipinski definition) is 1. The first-order valence-electron chi connectivity index (χ1n) is 10.1. The molecule has 3 rings (SSSR count). The number of nitrogens with one attached hydrogen (secondary N) is 1. The lowest BCUT2D eigenvalue weighted by Gasteiger charge is -2.18. The van der Waals surface area contributed by atoms with Crippen LogP contribution in [0.1, 0.15) is 48.3 Å². The Labute approximate surface area is 194 Å². The van der Waals surface area contributed by atoms with Crippen molar-refractivity contribution in [2.75, 3.05) is 0 Å². The summed E-state index contributed by atoms with van der Waals surface area (Å²) >= 11 is 6.23. The highest BCUT2D eigenvalue weighted by molar-refractivity contribution is 6.32. The van der Waals surface area contributed by atoms with E-state index < -0.39 is 22.8 Å². The number of benzene rings is 2. The van der Waals surface area contributed by atoms with Gasteiger partial charge in [0.2, 0.25) is 5.82 Å². The second-order valence-electron chi connectivity index (χ2n) is 7.43. The molecule has 10 nitrogen and oxygen atoms in total. The fraction of sp³-hybridized carbons (Fsp3) is 0.273. The molecule has 33 heavy (non-hydrogen) atoms. The summed E-state index contributed by atoms with van der Waals surface area (Å²) in [6.07, 6.45) is -0.686. The lowest BCUT2D eigenvalue weighted by Crippen LogP contribution is -2.32. The molecule has 0 aliphatic rings. The van der Waals surface area contributed by atoms with E-state index in [0.717, 1.165) is 0 Å². The second kappa shape index (κ2) is 10.2. The van der Waals surface area contributed by atoms with Gasteiger partial charge in [0.25, 0.3) is 11.6 Å². The fourth-order valence-corrected chi connectivity index (χ4v) is 3.44. The Morgan fingerprint density at radius 3 is 2.52 bits per heavy atom. The number of carbonyl (C=O) groups excluding carboxylic acids is 2. The number of para-hydroxylation sites is 2. The maximum Gasteiger partial charge on any atom is 0.308 e. The van der Waals surface area contributed by atoms with Crippen LogP contribution >= 0.6 is 11.6 Å². The molecule has 0 saturated carbocycles. The molecule has 0 aliphatic carbocycles. The monoisotopic (exact) mass is 471 g/mol. The van der Waals surface area contributed by atoms with E-state index >= 15 is 0 Å². The maximum atomic E-state index is 13.0. The standard InChI is InChI=1S/C22H22ClN5O5/c1-13(2)33-20(29)12-17(15-8-4-6-10-18(15)28(31)32)25-22(30)21-24-14(3)27(26-21)19-11-7-5-9-16(19)23/h4-11,13,17H,12H2,1-3H3,(H,25,30). The van der Waals surface area contributed by atoms with Gasteiger partial charge in [0, 0.05) is 6.07 Å². The molecule has 11 heteroatoms. The summed E-state index contributed by atoms with van der Waals surface area (Å²) in [5.41, 5.74) is 0.476. The minimum absolute atomic E-state index is 0.166. The van der Waals surface area contributed by atoms with Crippen molar-refractivity contribution in [2.45, 2.75) is 39.3 Å². The van der Waals surface area contributed by atoms with Crippen LogP contribution in [-0.4, -0.2) is 37.7 Å². The van der Waals surface area contributed by atoms with Crippen LogP contribution in [0.3, 0.4) is 0 Å². The van der Waals surface area contributed by atoms with E-state index in [0.29, 0.717) is 16.5 Å². The number of halogens is 1. The van der Waals surface area contributed by atoms with E-state index in [1.165, 1.54) is 22.9 Å². The number of nitro benzene ring substituents is 1. The van der Waals surface area contributed by atoms with Crippen LogP contribution in [0, 0.1) is 17.0 Å². The number of amides is 1. The summed E-state index contributed by atoms with van der Waals surface area (Å²) < 4.78 is 6.59. The molecule has 1 heterocycles. The highest BCUT2D eigenvalue weighted by Gasteiger charge is 2.28. The minimum Gasteiger partial charge on any atom is -0.463 e. The van der Waals surface area contributed by atoms with Crippen LogP contribution in [0.4, 0.5) is 5.69 Å². The van der Waals surface area contributed by atoms with Crippen molar-refractivity contribution in [3.63, 3.8) is 0 Å². The summed E-state index contributed by atoms with van der Waals surface area (Å²) in [5, 5.41) is 18.8. The predicted molar refractivity (Wildman–Crippen MR) is 120 cm³/mol. The zero-order valence-electron chi connectivity index (χ0n) is 18.2. The van der Waals surface area contributed by atoms with Gasteiger partial charge in [0.15, 0.2) is 0 Å². The number of ether oxygens (including phenoxy) is 1. The Morgan fingerprint density at radius 1 is 1.18 bits per heavy atom. The van der Waals surface area contributed by atoms with Gasteiger partial charge in [-0.3, -0.25) is 19.7 Å². The maximum absolute atomic E-state index is 13.0. The van der Waals surface area contributed by atoms with Crippen LogP contribution in [0.25, 0.3) is 5.69 Å². The van der Waals surface area contributed by atoms with Gasteiger partial charge in [-0.1, -0.05) is 41.9 Å². The molecule has 0 saturated heterocycles. The number of hydrogen-bond acceptors (Lipinski definition) is 7. The molecule has 0 radical (unpaired) electrons. The molecule has 1 aromatic heterocycles. The van der Waals surface area contributed by atoms with Crippen molar-refractivity contribution in [1.82, 2.24) is 20.1 Å². The van der Waals surface area contributed by atoms with Crippen LogP contribution in [-0.2, 0) is 9.53 Å². The van der Waals surface area contributed by atoms with E-state index in [2.05, 4.69) is 15.4 Å². The lowest BCUT2D eigenvalue weighted by molar-refractivity contribution is -0.385. The third kappa shape index (κ3) is 5.72. The number of rotatable bonds is 8. The number of aryl methyl sites for hydroxylation is 1. The lowest BCUT2D eigenvalue weighted by atomic mass is 10.0. The van der Waals surface area contributed by atoms with E-state index in [1.54, 1.807) is 51.1 Å². The Bertz CT molecular complexity index is 1190. The van der Waals surface area contributed by atoms with Gasteiger partial charge in [0.05, 0.1) is 39.8 Å². The zero-order chi connectivity index (χ0) is 24.1. The summed E-state index contributed by atoms with van der Waals surface area (Å²) in [7, 11) is 0. The van der Waals surface area contributed by atoms with Crippen LogP contribution in [0.15, 0.2) is 48.5 Å². The SMILES string of the molecule is Cc1nc(C(=O)NC(CC(=O)OC(C)C)c2ccccc2[N+](=O)[O-])nn1-c1ccccc1Cl. The third-order valence-corrected chi connectivity index (χ3v) is 4.92. The Morgan fingerprint density at radius 2 is 1.85 bits per heavy atom. The molecule has 172 valence electrons. The zero-order valence-corrected chi connectivity index (χ0v) is 18.9. The van der Waals surface area contributed by atoms with Crippen molar-refractivity contribution in [2.24, 2.45) is 0 Å². The average molecular weight is 472 g/mol. The first kappa shape index (κ1) is 23.9. The molecular formula is C22H22ClN5O5. The fourth-order valence-electron chi connectivity index (χ4n) is 3.23. The Balaban J connectivity index is 1.93. The highest BCUT2D eigenvalue weighted by atomic mass is 35.5. The topological polar surface area (TPSA) is 129 Å². The average Bonchev–Trinajstić information content (AvgIpc) is 3.14. The molecule has 0 fully saturated rings. The molecular weight excluding hydrogens is 450 g/mol. The molecule has 1 amide bonds. The highest BCUT2D eigenvalue weighted by Crippen LogP contribution is 2.28. The van der Waals surface area contributed by atoms with E-state index in [1.807, 2.05) is 0 Å².